The van der Waals surface area contributed by atoms with Crippen LogP contribution >= 0.6 is 0 Å². The predicted molar refractivity (Wildman–Crippen MR) is 94.7 cm³/mol. The molecule has 0 aliphatic heterocycles. The van der Waals surface area contributed by atoms with Crippen molar-refractivity contribution in [2.24, 2.45) is 5.41 Å². The second-order valence-electron chi connectivity index (χ2n) is 6.94. The molecule has 0 aliphatic carbocycles. The number of esters is 1. The van der Waals surface area contributed by atoms with E-state index in [9.17, 15) is 23.1 Å². The molecule has 0 amide bonds. The molecule has 1 unspecified atom stereocenters. The van der Waals surface area contributed by atoms with Crippen molar-refractivity contribution in [1.29, 1.82) is 0 Å². The van der Waals surface area contributed by atoms with Gasteiger partial charge in [0.05, 0.1) is 16.5 Å². The van der Waals surface area contributed by atoms with Crippen molar-refractivity contribution in [2.45, 2.75) is 33.1 Å². The smallest absolute Gasteiger partial charge is 0.416 e. The molecule has 1 atom stereocenters. The second kappa shape index (κ2) is 7.75. The summed E-state index contributed by atoms with van der Waals surface area (Å²) in [4.78, 5) is 12.2. The van der Waals surface area contributed by atoms with Gasteiger partial charge in [-0.1, -0.05) is 30.2 Å². The quantitative estimate of drug-likeness (QED) is 0.586. The van der Waals surface area contributed by atoms with E-state index < -0.39 is 29.2 Å². The van der Waals surface area contributed by atoms with E-state index >= 15 is 0 Å². The summed E-state index contributed by atoms with van der Waals surface area (Å²) in [6, 6.07) is 10.6. The third-order valence-corrected chi connectivity index (χ3v) is 3.62. The van der Waals surface area contributed by atoms with Gasteiger partial charge in [0, 0.05) is 5.56 Å². The summed E-state index contributed by atoms with van der Waals surface area (Å²) in [5.41, 5.74) is -0.980. The Morgan fingerprint density at radius 2 is 1.63 bits per heavy atom. The average molecular weight is 376 g/mol. The number of alkyl halides is 3. The fourth-order valence-electron chi connectivity index (χ4n) is 2.03. The number of hydrogen-bond acceptors (Lipinski definition) is 3. The van der Waals surface area contributed by atoms with E-state index in [1.54, 1.807) is 39.0 Å². The maximum atomic E-state index is 12.8. The molecule has 0 bridgehead atoms. The number of carbonyl (C=O) groups is 1. The topological polar surface area (TPSA) is 46.5 Å². The monoisotopic (exact) mass is 376 g/mol. The van der Waals surface area contributed by atoms with Crippen molar-refractivity contribution in [3.8, 4) is 17.6 Å². The van der Waals surface area contributed by atoms with E-state index in [-0.39, 0.29) is 5.75 Å². The summed E-state index contributed by atoms with van der Waals surface area (Å²) < 4.78 is 43.7. The molecule has 0 aliphatic rings. The zero-order valence-corrected chi connectivity index (χ0v) is 15.1. The molecule has 0 spiro atoms. The third-order valence-electron chi connectivity index (χ3n) is 3.62. The fraction of sp³-hybridized carbons (Fsp3) is 0.286. The molecule has 1 N–H and O–H groups in total. The summed E-state index contributed by atoms with van der Waals surface area (Å²) in [5, 5.41) is 9.80. The molecular weight excluding hydrogens is 357 g/mol. The zero-order valence-electron chi connectivity index (χ0n) is 15.1. The normalized spacial score (nSPS) is 12.7. The first-order valence-corrected chi connectivity index (χ1v) is 8.16. The molecular formula is C21H19F3O3. The minimum atomic E-state index is -4.46. The summed E-state index contributed by atoms with van der Waals surface area (Å²) in [7, 11) is 0. The number of benzene rings is 2. The molecule has 0 fully saturated rings. The number of phenolic OH excluding ortho intramolecular Hbond substituents is 1. The first kappa shape index (κ1) is 20.4. The van der Waals surface area contributed by atoms with Crippen LogP contribution < -0.4 is 0 Å². The van der Waals surface area contributed by atoms with E-state index in [1.807, 2.05) is 0 Å². The van der Waals surface area contributed by atoms with E-state index in [2.05, 4.69) is 11.8 Å². The lowest BCUT2D eigenvalue weighted by Crippen LogP contribution is -2.24. The van der Waals surface area contributed by atoms with Gasteiger partial charge in [-0.2, -0.15) is 13.2 Å². The van der Waals surface area contributed by atoms with Crippen LogP contribution in [0.25, 0.3) is 0 Å². The molecule has 0 saturated heterocycles. The van der Waals surface area contributed by atoms with Crippen LogP contribution in [0.15, 0.2) is 48.5 Å². The van der Waals surface area contributed by atoms with E-state index in [0.717, 1.165) is 12.1 Å². The Morgan fingerprint density at radius 3 is 2.15 bits per heavy atom. The molecule has 142 valence electrons. The number of rotatable bonds is 2. The zero-order chi connectivity index (χ0) is 20.2. The Balaban J connectivity index is 2.39. The van der Waals surface area contributed by atoms with Crippen LogP contribution in [0.1, 0.15) is 43.6 Å². The first-order chi connectivity index (χ1) is 12.5. The molecule has 6 heteroatoms. The van der Waals surface area contributed by atoms with E-state index in [1.165, 1.54) is 18.2 Å². The van der Waals surface area contributed by atoms with Gasteiger partial charge in [0.15, 0.2) is 6.10 Å². The maximum absolute atomic E-state index is 12.8. The van der Waals surface area contributed by atoms with Crippen molar-refractivity contribution >= 4 is 5.97 Å². The number of para-hydroxylation sites is 1. The largest absolute Gasteiger partial charge is 0.507 e. The minimum absolute atomic E-state index is 0.0432. The van der Waals surface area contributed by atoms with Crippen LogP contribution in [-0.2, 0) is 15.7 Å². The van der Waals surface area contributed by atoms with Gasteiger partial charge in [0.25, 0.3) is 0 Å². The van der Waals surface area contributed by atoms with Gasteiger partial charge in [-0.05, 0) is 51.0 Å². The van der Waals surface area contributed by atoms with E-state index in [0.29, 0.717) is 11.1 Å². The molecule has 0 radical (unpaired) electrons. The van der Waals surface area contributed by atoms with Gasteiger partial charge in [-0.25, -0.2) is 0 Å². The number of aromatic hydroxyl groups is 1. The Hall–Kier alpha value is -2.94. The van der Waals surface area contributed by atoms with Gasteiger partial charge in [-0.15, -0.1) is 0 Å². The highest BCUT2D eigenvalue weighted by molar-refractivity contribution is 5.76. The van der Waals surface area contributed by atoms with Crippen LogP contribution in [0.5, 0.6) is 5.75 Å². The standard InChI is InChI=1S/C21H19F3O3/c1-20(2,3)19(26)27-18(13-10-14-6-4-5-7-17(14)25)15-8-11-16(12-9-15)21(22,23)24/h4-9,11-12,18,25H,1-3H3. The lowest BCUT2D eigenvalue weighted by Gasteiger charge is -2.21. The maximum Gasteiger partial charge on any atom is 0.416 e. The first-order valence-electron chi connectivity index (χ1n) is 8.16. The summed E-state index contributed by atoms with van der Waals surface area (Å²) in [6.07, 6.45) is -5.53. The van der Waals surface area contributed by atoms with Gasteiger partial charge < -0.3 is 9.84 Å². The number of halogens is 3. The van der Waals surface area contributed by atoms with Crippen molar-refractivity contribution in [3.63, 3.8) is 0 Å². The Labute approximate surface area is 155 Å². The Kier molecular flexibility index (Phi) is 5.85. The Bertz CT molecular complexity index is 867. The highest BCUT2D eigenvalue weighted by atomic mass is 19.4. The summed E-state index contributed by atoms with van der Waals surface area (Å²) in [5.74, 6) is 4.85. The average Bonchev–Trinajstić information content (AvgIpc) is 2.58. The van der Waals surface area contributed by atoms with Gasteiger partial charge in [0.2, 0.25) is 0 Å². The molecule has 0 aromatic heterocycles. The van der Waals surface area contributed by atoms with Crippen molar-refractivity contribution in [3.05, 3.63) is 65.2 Å². The number of hydrogen-bond donors (Lipinski definition) is 1. The SMILES string of the molecule is CC(C)(C)C(=O)OC(C#Cc1ccccc1O)c1ccc(C(F)(F)F)cc1. The van der Waals surface area contributed by atoms with Crippen molar-refractivity contribution in [1.82, 2.24) is 0 Å². The predicted octanol–water partition coefficient (Wildman–Crippen LogP) is 5.09. The highest BCUT2D eigenvalue weighted by Crippen LogP contribution is 2.31. The van der Waals surface area contributed by atoms with Gasteiger partial charge in [-0.3, -0.25) is 4.79 Å². The number of carbonyl (C=O) groups excluding carboxylic acids is 1. The van der Waals surface area contributed by atoms with Crippen LogP contribution in [0.2, 0.25) is 0 Å². The molecule has 27 heavy (non-hydrogen) atoms. The van der Waals surface area contributed by atoms with Crippen LogP contribution in [0, 0.1) is 17.3 Å². The third kappa shape index (κ3) is 5.52. The van der Waals surface area contributed by atoms with E-state index in [4.69, 9.17) is 4.74 Å². The molecule has 0 heterocycles. The lowest BCUT2D eigenvalue weighted by molar-refractivity contribution is -0.156. The lowest BCUT2D eigenvalue weighted by atomic mass is 9.97. The highest BCUT2D eigenvalue weighted by Gasteiger charge is 2.31. The Morgan fingerprint density at radius 1 is 1.04 bits per heavy atom. The number of ether oxygens (including phenoxy) is 1. The molecule has 2 aromatic carbocycles. The molecule has 2 rings (SSSR count). The molecule has 0 saturated carbocycles. The van der Waals surface area contributed by atoms with Crippen LogP contribution in [0.3, 0.4) is 0 Å². The number of phenols is 1. The van der Waals surface area contributed by atoms with Crippen molar-refractivity contribution < 1.29 is 27.8 Å². The molecule has 2 aromatic rings. The summed E-state index contributed by atoms with van der Waals surface area (Å²) >= 11 is 0. The molecule has 3 nitrogen and oxygen atoms in total. The summed E-state index contributed by atoms with van der Waals surface area (Å²) in [6.45, 7) is 4.99. The van der Waals surface area contributed by atoms with Crippen LogP contribution in [0.4, 0.5) is 13.2 Å². The van der Waals surface area contributed by atoms with Gasteiger partial charge >= 0.3 is 12.1 Å². The minimum Gasteiger partial charge on any atom is -0.507 e. The second-order valence-corrected chi connectivity index (χ2v) is 6.94. The van der Waals surface area contributed by atoms with Crippen LogP contribution in [-0.4, -0.2) is 11.1 Å². The van der Waals surface area contributed by atoms with Crippen molar-refractivity contribution in [2.75, 3.05) is 0 Å². The fourth-order valence-corrected chi connectivity index (χ4v) is 2.03. The van der Waals surface area contributed by atoms with Gasteiger partial charge in [0.1, 0.15) is 5.75 Å².